The zero-order valence-corrected chi connectivity index (χ0v) is 10.4. The van der Waals surface area contributed by atoms with Crippen LogP contribution in [0.2, 0.25) is 0 Å². The van der Waals surface area contributed by atoms with Crippen molar-refractivity contribution in [3.63, 3.8) is 0 Å². The lowest BCUT2D eigenvalue weighted by Crippen LogP contribution is -2.38. The van der Waals surface area contributed by atoms with Crippen LogP contribution >= 0.6 is 0 Å². The van der Waals surface area contributed by atoms with Crippen LogP contribution in [0.15, 0.2) is 29.2 Å². The summed E-state index contributed by atoms with van der Waals surface area (Å²) in [6, 6.07) is 5.32. The molecule has 0 aliphatic carbocycles. The molecule has 1 N–H and O–H groups in total. The highest BCUT2D eigenvalue weighted by Crippen LogP contribution is 2.19. The van der Waals surface area contributed by atoms with Gasteiger partial charge in [-0.3, -0.25) is 0 Å². The molecular weight excluding hydrogens is 258 g/mol. The zero-order chi connectivity index (χ0) is 13.2. The smallest absolute Gasteiger partial charge is 0.335 e. The van der Waals surface area contributed by atoms with E-state index in [0.717, 1.165) is 6.07 Å². The van der Waals surface area contributed by atoms with Crippen LogP contribution in [0.25, 0.3) is 0 Å². The van der Waals surface area contributed by atoms with E-state index in [2.05, 4.69) is 0 Å². The predicted octanol–water partition coefficient (Wildman–Crippen LogP) is 0.753. The fraction of sp³-hybridized carbons (Fsp3) is 0.364. The van der Waals surface area contributed by atoms with Crippen LogP contribution in [0.5, 0.6) is 0 Å². The van der Waals surface area contributed by atoms with Crippen molar-refractivity contribution in [1.82, 2.24) is 4.31 Å². The molecule has 1 aromatic carbocycles. The van der Waals surface area contributed by atoms with Crippen LogP contribution in [-0.2, 0) is 14.8 Å². The second-order valence-electron chi connectivity index (χ2n) is 3.90. The van der Waals surface area contributed by atoms with Gasteiger partial charge in [-0.05, 0) is 24.6 Å². The van der Waals surface area contributed by atoms with Crippen LogP contribution < -0.4 is 0 Å². The number of benzene rings is 1. The van der Waals surface area contributed by atoms with Gasteiger partial charge < -0.3 is 9.84 Å². The van der Waals surface area contributed by atoms with Gasteiger partial charge in [-0.25, -0.2) is 13.2 Å². The average molecular weight is 271 g/mol. The highest BCUT2D eigenvalue weighted by atomic mass is 32.2. The molecule has 0 aromatic heterocycles. The van der Waals surface area contributed by atoms with Gasteiger partial charge in [0, 0.05) is 13.2 Å². The summed E-state index contributed by atoms with van der Waals surface area (Å²) in [5.74, 6) is -1.15. The maximum Gasteiger partial charge on any atom is 0.335 e. The fourth-order valence-corrected chi connectivity index (χ4v) is 3.11. The summed E-state index contributed by atoms with van der Waals surface area (Å²) in [5, 5.41) is 8.85. The van der Waals surface area contributed by atoms with Crippen LogP contribution in [0.4, 0.5) is 0 Å². The topological polar surface area (TPSA) is 83.9 Å². The molecular formula is C11H13NO5S. The van der Waals surface area contributed by atoms with E-state index < -0.39 is 16.0 Å². The van der Waals surface area contributed by atoms with Crippen LogP contribution in [0.1, 0.15) is 16.8 Å². The number of sulfonamides is 1. The minimum Gasteiger partial charge on any atom is -0.478 e. The molecule has 0 unspecified atom stereocenters. The Morgan fingerprint density at radius 3 is 2.78 bits per heavy atom. The van der Waals surface area contributed by atoms with E-state index in [9.17, 15) is 13.2 Å². The van der Waals surface area contributed by atoms with Crippen molar-refractivity contribution in [3.8, 4) is 0 Å². The lowest BCUT2D eigenvalue weighted by Gasteiger charge is -2.25. The van der Waals surface area contributed by atoms with Gasteiger partial charge in [0.05, 0.1) is 10.5 Å². The zero-order valence-electron chi connectivity index (χ0n) is 9.57. The summed E-state index contributed by atoms with van der Waals surface area (Å²) < 4.78 is 30.7. The first-order valence-electron chi connectivity index (χ1n) is 5.43. The first-order valence-corrected chi connectivity index (χ1v) is 6.87. The number of carboxylic acid groups (broad SMARTS) is 1. The van der Waals surface area contributed by atoms with E-state index in [1.54, 1.807) is 0 Å². The van der Waals surface area contributed by atoms with Gasteiger partial charge in [-0.1, -0.05) is 6.07 Å². The average Bonchev–Trinajstić information content (AvgIpc) is 2.40. The van der Waals surface area contributed by atoms with Gasteiger partial charge >= 0.3 is 5.97 Å². The summed E-state index contributed by atoms with van der Waals surface area (Å²) in [4.78, 5) is 10.8. The molecule has 1 aliphatic heterocycles. The van der Waals surface area contributed by atoms with Crippen molar-refractivity contribution in [2.24, 2.45) is 0 Å². The van der Waals surface area contributed by atoms with E-state index >= 15 is 0 Å². The number of nitrogens with zero attached hydrogens (tertiary/aromatic N) is 1. The van der Waals surface area contributed by atoms with E-state index in [0.29, 0.717) is 19.6 Å². The number of carboxylic acids is 1. The fourth-order valence-electron chi connectivity index (χ4n) is 1.70. The molecule has 1 aliphatic rings. The Kier molecular flexibility index (Phi) is 3.65. The largest absolute Gasteiger partial charge is 0.478 e. The Morgan fingerprint density at radius 1 is 1.39 bits per heavy atom. The van der Waals surface area contributed by atoms with Crippen LogP contribution in [0, 0.1) is 0 Å². The summed E-state index contributed by atoms with van der Waals surface area (Å²) in [6.45, 7) is 0.945. The highest BCUT2D eigenvalue weighted by molar-refractivity contribution is 7.89. The van der Waals surface area contributed by atoms with Crippen molar-refractivity contribution in [2.45, 2.75) is 11.3 Å². The van der Waals surface area contributed by atoms with Crippen molar-refractivity contribution >= 4 is 16.0 Å². The lowest BCUT2D eigenvalue weighted by molar-refractivity contribution is 0.0313. The molecule has 0 radical (unpaired) electrons. The molecule has 0 spiro atoms. The number of ether oxygens (including phenoxy) is 1. The van der Waals surface area contributed by atoms with Crippen molar-refractivity contribution in [3.05, 3.63) is 29.8 Å². The first kappa shape index (κ1) is 13.0. The normalized spacial score (nSPS) is 17.6. The van der Waals surface area contributed by atoms with Gasteiger partial charge in [0.25, 0.3) is 0 Å². The third-order valence-corrected chi connectivity index (χ3v) is 4.47. The molecule has 1 fully saturated rings. The Bertz CT molecular complexity index is 548. The van der Waals surface area contributed by atoms with Crippen LogP contribution in [0.3, 0.4) is 0 Å². The summed E-state index contributed by atoms with van der Waals surface area (Å²) in [5.41, 5.74) is -0.0472. The number of rotatable bonds is 3. The minimum atomic E-state index is -3.67. The Labute approximate surface area is 105 Å². The third kappa shape index (κ3) is 2.53. The van der Waals surface area contributed by atoms with Gasteiger partial charge in [-0.2, -0.15) is 4.31 Å². The van der Waals surface area contributed by atoms with Gasteiger partial charge in [0.15, 0.2) is 0 Å². The van der Waals surface area contributed by atoms with Gasteiger partial charge in [0.2, 0.25) is 10.0 Å². The Balaban J connectivity index is 2.34. The SMILES string of the molecule is O=C(O)c1cccc(S(=O)(=O)N2CCCOC2)c1. The van der Waals surface area contributed by atoms with Gasteiger partial charge in [0.1, 0.15) is 6.73 Å². The van der Waals surface area contributed by atoms with E-state index in [1.165, 1.54) is 22.5 Å². The molecule has 0 bridgehead atoms. The Morgan fingerprint density at radius 2 is 2.17 bits per heavy atom. The molecule has 2 rings (SSSR count). The standard InChI is InChI=1S/C11H13NO5S/c13-11(14)9-3-1-4-10(7-9)18(15,16)12-5-2-6-17-8-12/h1,3-4,7H,2,5-6,8H2,(H,13,14). The molecule has 0 amide bonds. The van der Waals surface area contributed by atoms with Crippen molar-refractivity contribution in [2.75, 3.05) is 19.9 Å². The summed E-state index contributed by atoms with van der Waals surface area (Å²) in [7, 11) is -3.67. The molecule has 7 heteroatoms. The number of hydrogen-bond donors (Lipinski definition) is 1. The third-order valence-electron chi connectivity index (χ3n) is 2.65. The maximum absolute atomic E-state index is 12.2. The van der Waals surface area contributed by atoms with Crippen molar-refractivity contribution in [1.29, 1.82) is 0 Å². The molecule has 1 saturated heterocycles. The summed E-state index contributed by atoms with van der Waals surface area (Å²) in [6.07, 6.45) is 0.637. The molecule has 1 heterocycles. The molecule has 6 nitrogen and oxygen atoms in total. The molecule has 1 aromatic rings. The molecule has 98 valence electrons. The number of carbonyl (C=O) groups is 1. The quantitative estimate of drug-likeness (QED) is 0.877. The highest BCUT2D eigenvalue weighted by Gasteiger charge is 2.26. The van der Waals surface area contributed by atoms with Crippen molar-refractivity contribution < 1.29 is 23.1 Å². The van der Waals surface area contributed by atoms with Gasteiger partial charge in [-0.15, -0.1) is 0 Å². The summed E-state index contributed by atoms with van der Waals surface area (Å²) >= 11 is 0. The maximum atomic E-state index is 12.2. The number of hydrogen-bond acceptors (Lipinski definition) is 4. The molecule has 18 heavy (non-hydrogen) atoms. The lowest BCUT2D eigenvalue weighted by atomic mass is 10.2. The monoisotopic (exact) mass is 271 g/mol. The second-order valence-corrected chi connectivity index (χ2v) is 5.84. The first-order chi connectivity index (χ1) is 8.51. The minimum absolute atomic E-state index is 0.0135. The molecule has 0 saturated carbocycles. The van der Waals surface area contributed by atoms with E-state index in [1.807, 2.05) is 0 Å². The Hall–Kier alpha value is -1.44. The molecule has 0 atom stereocenters. The van der Waals surface area contributed by atoms with E-state index in [-0.39, 0.29) is 17.2 Å². The predicted molar refractivity (Wildman–Crippen MR) is 62.7 cm³/mol. The van der Waals surface area contributed by atoms with Crippen LogP contribution in [-0.4, -0.2) is 43.7 Å². The number of aromatic carboxylic acids is 1. The second kappa shape index (κ2) is 5.05. The van der Waals surface area contributed by atoms with E-state index in [4.69, 9.17) is 9.84 Å².